The Labute approximate surface area is 400 Å². The van der Waals surface area contributed by atoms with E-state index in [4.69, 9.17) is 18.5 Å². The quantitative estimate of drug-likeness (QED) is 0.0214. The van der Waals surface area contributed by atoms with Gasteiger partial charge in [-0.05, 0) is 96.3 Å². The number of carbonyl (C=O) groups is 1. The van der Waals surface area contributed by atoms with E-state index in [0.29, 0.717) is 24.1 Å². The lowest BCUT2D eigenvalue weighted by atomic mass is 10.1. The van der Waals surface area contributed by atoms with Crippen LogP contribution in [-0.4, -0.2) is 75.6 Å². The van der Waals surface area contributed by atoms with Crippen molar-refractivity contribution in [2.45, 2.75) is 200 Å². The lowest BCUT2D eigenvalue weighted by Crippen LogP contribution is -2.37. The Morgan fingerprint density at radius 1 is 0.492 bits per heavy atom. The molecule has 0 heterocycles. The van der Waals surface area contributed by atoms with Crippen molar-refractivity contribution in [2.75, 3.05) is 54.1 Å². The van der Waals surface area contributed by atoms with E-state index < -0.39 is 13.9 Å². The van der Waals surface area contributed by atoms with Crippen LogP contribution >= 0.6 is 7.82 Å². The molecule has 9 heteroatoms. The molecule has 0 aliphatic heterocycles. The SMILES string of the molecule is CC/C=C\C/C=C\C/C=C\C/C=C\C/C=C\C/C=C\C/C=C\CCCCOCC(COP(=O)(O)OCC[N+](C)(C)C)OC(=O)CCCCCCCCCCC/C=C\CCCCCCCC. The number of allylic oxidation sites excluding steroid dienone is 16. The van der Waals surface area contributed by atoms with Crippen molar-refractivity contribution in [2.24, 2.45) is 0 Å². The number of ether oxygens (including phenoxy) is 2. The maximum atomic E-state index is 12.8. The fourth-order valence-corrected chi connectivity index (χ4v) is 7.39. The van der Waals surface area contributed by atoms with E-state index in [2.05, 4.69) is 111 Å². The first-order valence-electron chi connectivity index (χ1n) is 26.0. The Morgan fingerprint density at radius 3 is 1.35 bits per heavy atom. The van der Waals surface area contributed by atoms with Crippen LogP contribution in [0.15, 0.2) is 97.2 Å². The molecule has 1 N–H and O–H groups in total. The Balaban J connectivity index is 4.27. The Hall–Kier alpha value is -2.58. The van der Waals surface area contributed by atoms with Gasteiger partial charge in [0.05, 0.1) is 34.4 Å². The summed E-state index contributed by atoms with van der Waals surface area (Å²) in [7, 11) is 1.62. The summed E-state index contributed by atoms with van der Waals surface area (Å²) >= 11 is 0. The predicted molar refractivity (Wildman–Crippen MR) is 279 cm³/mol. The number of hydrogen-bond acceptors (Lipinski definition) is 6. The van der Waals surface area contributed by atoms with Crippen LogP contribution in [-0.2, 0) is 27.9 Å². The number of unbranched alkanes of at least 4 members (excludes halogenated alkanes) is 17. The first-order chi connectivity index (χ1) is 31.6. The van der Waals surface area contributed by atoms with Crippen molar-refractivity contribution in [3.63, 3.8) is 0 Å². The number of esters is 1. The molecule has 0 fully saturated rings. The van der Waals surface area contributed by atoms with Gasteiger partial charge in [0.25, 0.3) is 0 Å². The van der Waals surface area contributed by atoms with Gasteiger partial charge in [-0.25, -0.2) is 4.57 Å². The van der Waals surface area contributed by atoms with Gasteiger partial charge >= 0.3 is 13.8 Å². The standard InChI is InChI=1S/C56H98NO7P/c1-6-8-10-12-14-16-18-20-22-24-26-27-28-29-30-32-34-36-38-40-42-44-46-48-51-61-53-55(54-63-65(59,60)62-52-50-57(3,4)5)64-56(58)49-47-45-43-41-39-37-35-33-31-25-23-21-19-17-15-13-11-9-7-2/h8,10,14,16,20-23,26-27,29-30,34,36,40,42,55H,6-7,9,11-13,15,17-19,24-25,28,31-33,35,37-39,41,43-54H2,1-5H3/p+1/b10-8-,16-14-,22-20-,23-21-,27-26-,30-29-,36-34-,42-40-. The molecule has 374 valence electrons. The molecule has 0 spiro atoms. The molecule has 0 amide bonds. The third kappa shape index (κ3) is 52.3. The molecule has 0 aromatic carbocycles. The lowest BCUT2D eigenvalue weighted by molar-refractivity contribution is -0.870. The predicted octanol–water partition coefficient (Wildman–Crippen LogP) is 16.2. The number of phosphoric acid groups is 1. The average Bonchev–Trinajstić information content (AvgIpc) is 3.27. The van der Waals surface area contributed by atoms with Gasteiger partial charge < -0.3 is 18.9 Å². The van der Waals surface area contributed by atoms with Gasteiger partial charge in [0.1, 0.15) is 19.3 Å². The molecule has 0 radical (unpaired) electrons. The number of rotatable bonds is 47. The Kier molecular flexibility index (Phi) is 46.0. The molecule has 0 aromatic rings. The first kappa shape index (κ1) is 62.4. The minimum Gasteiger partial charge on any atom is -0.457 e. The highest BCUT2D eigenvalue weighted by atomic mass is 31.2. The molecule has 2 unspecified atom stereocenters. The summed E-state index contributed by atoms with van der Waals surface area (Å²) in [5, 5.41) is 0. The fourth-order valence-electron chi connectivity index (χ4n) is 6.64. The summed E-state index contributed by atoms with van der Waals surface area (Å²) in [6.07, 6.45) is 66.0. The maximum absolute atomic E-state index is 12.8. The molecule has 0 aliphatic carbocycles. The van der Waals surface area contributed by atoms with Crippen LogP contribution in [0.1, 0.15) is 194 Å². The highest BCUT2D eigenvalue weighted by Crippen LogP contribution is 2.43. The van der Waals surface area contributed by atoms with Crippen LogP contribution in [0.5, 0.6) is 0 Å². The van der Waals surface area contributed by atoms with E-state index in [-0.39, 0.29) is 25.8 Å². The average molecular weight is 929 g/mol. The van der Waals surface area contributed by atoms with E-state index in [9.17, 15) is 14.3 Å². The second kappa shape index (κ2) is 47.9. The van der Waals surface area contributed by atoms with Crippen molar-refractivity contribution in [1.82, 2.24) is 0 Å². The van der Waals surface area contributed by atoms with Crippen molar-refractivity contribution < 1.29 is 37.3 Å². The Morgan fingerprint density at radius 2 is 0.892 bits per heavy atom. The van der Waals surface area contributed by atoms with Crippen LogP contribution in [0.25, 0.3) is 0 Å². The van der Waals surface area contributed by atoms with Crippen molar-refractivity contribution in [3.05, 3.63) is 97.2 Å². The van der Waals surface area contributed by atoms with E-state index in [1.807, 2.05) is 21.1 Å². The van der Waals surface area contributed by atoms with Crippen molar-refractivity contribution in [1.29, 1.82) is 0 Å². The second-order valence-electron chi connectivity index (χ2n) is 18.2. The zero-order valence-electron chi connectivity index (χ0n) is 42.4. The zero-order chi connectivity index (χ0) is 47.6. The zero-order valence-corrected chi connectivity index (χ0v) is 43.3. The normalized spacial score (nSPS) is 14.4. The number of nitrogens with zero attached hydrogens (tertiary/aromatic N) is 1. The van der Waals surface area contributed by atoms with Crippen LogP contribution in [0.2, 0.25) is 0 Å². The number of quaternary nitrogens is 1. The van der Waals surface area contributed by atoms with Gasteiger partial charge in [-0.15, -0.1) is 0 Å². The van der Waals surface area contributed by atoms with Crippen molar-refractivity contribution >= 4 is 13.8 Å². The molecule has 0 saturated heterocycles. The minimum absolute atomic E-state index is 0.0745. The van der Waals surface area contributed by atoms with Gasteiger partial charge in [-0.3, -0.25) is 13.8 Å². The third-order valence-electron chi connectivity index (χ3n) is 10.6. The largest absolute Gasteiger partial charge is 0.472 e. The molecule has 0 rings (SSSR count). The number of phosphoric ester groups is 1. The van der Waals surface area contributed by atoms with Gasteiger partial charge in [-0.2, -0.15) is 0 Å². The van der Waals surface area contributed by atoms with Crippen LogP contribution in [0.3, 0.4) is 0 Å². The molecule has 0 bridgehead atoms. The smallest absolute Gasteiger partial charge is 0.457 e. The number of hydrogen-bond donors (Lipinski definition) is 1. The van der Waals surface area contributed by atoms with Gasteiger partial charge in [0.15, 0.2) is 0 Å². The molecule has 65 heavy (non-hydrogen) atoms. The first-order valence-corrected chi connectivity index (χ1v) is 27.5. The Bertz CT molecular complexity index is 1360. The van der Waals surface area contributed by atoms with Crippen LogP contribution < -0.4 is 0 Å². The molecular weight excluding hydrogens is 830 g/mol. The van der Waals surface area contributed by atoms with E-state index in [1.165, 1.54) is 89.9 Å². The minimum atomic E-state index is -4.30. The summed E-state index contributed by atoms with van der Waals surface area (Å²) in [6.45, 7) is 5.38. The fraction of sp³-hybridized carbons (Fsp3) is 0.696. The van der Waals surface area contributed by atoms with Gasteiger partial charge in [-0.1, -0.05) is 188 Å². The summed E-state index contributed by atoms with van der Waals surface area (Å²) in [5.41, 5.74) is 0. The maximum Gasteiger partial charge on any atom is 0.472 e. The summed E-state index contributed by atoms with van der Waals surface area (Å²) in [5.74, 6) is -0.334. The molecule has 8 nitrogen and oxygen atoms in total. The topological polar surface area (TPSA) is 91.3 Å². The molecule has 0 aliphatic rings. The van der Waals surface area contributed by atoms with E-state index >= 15 is 0 Å². The van der Waals surface area contributed by atoms with E-state index in [1.54, 1.807) is 0 Å². The highest BCUT2D eigenvalue weighted by molar-refractivity contribution is 7.47. The van der Waals surface area contributed by atoms with Crippen molar-refractivity contribution in [3.8, 4) is 0 Å². The van der Waals surface area contributed by atoms with Gasteiger partial charge in [0, 0.05) is 13.0 Å². The van der Waals surface area contributed by atoms with E-state index in [0.717, 1.165) is 83.5 Å². The highest BCUT2D eigenvalue weighted by Gasteiger charge is 2.26. The van der Waals surface area contributed by atoms with Crippen LogP contribution in [0, 0.1) is 0 Å². The number of likely N-dealkylation sites (N-methyl/N-ethyl adjacent to an activating group) is 1. The summed E-state index contributed by atoms with van der Waals surface area (Å²) in [4.78, 5) is 23.0. The number of carbonyl (C=O) groups excluding carboxylic acids is 1. The monoisotopic (exact) mass is 929 g/mol. The molecule has 0 aromatic heterocycles. The van der Waals surface area contributed by atoms with Crippen LogP contribution in [0.4, 0.5) is 0 Å². The lowest BCUT2D eigenvalue weighted by Gasteiger charge is -2.24. The molecule has 0 saturated carbocycles. The summed E-state index contributed by atoms with van der Waals surface area (Å²) in [6, 6.07) is 0. The third-order valence-corrected chi connectivity index (χ3v) is 11.6. The molecular formula is C56H99NO7P+. The molecule has 2 atom stereocenters. The second-order valence-corrected chi connectivity index (χ2v) is 19.6. The summed E-state index contributed by atoms with van der Waals surface area (Å²) < 4.78 is 35.1. The van der Waals surface area contributed by atoms with Gasteiger partial charge in [0.2, 0.25) is 0 Å².